The molecule has 0 aromatic carbocycles. The van der Waals surface area contributed by atoms with Gasteiger partial charge in [0.25, 0.3) is 5.91 Å². The Morgan fingerprint density at radius 2 is 2.03 bits per heavy atom. The number of aromatic amines is 1. The zero-order chi connectivity index (χ0) is 20.5. The smallest absolute Gasteiger partial charge is 0.255 e. The number of rotatable bonds is 3. The van der Waals surface area contributed by atoms with Crippen LogP contribution in [0.2, 0.25) is 0 Å². The zero-order valence-electron chi connectivity index (χ0n) is 16.7. The van der Waals surface area contributed by atoms with Crippen LogP contribution >= 0.6 is 0 Å². The normalized spacial score (nSPS) is 16.8. The Morgan fingerprint density at radius 1 is 1.21 bits per heavy atom. The number of hydrogen-bond acceptors (Lipinski definition) is 6. The molecule has 1 unspecified atom stereocenters. The number of pyridine rings is 1. The average molecular weight is 393 g/mol. The van der Waals surface area contributed by atoms with Crippen molar-refractivity contribution in [1.29, 1.82) is 0 Å². The lowest BCUT2D eigenvalue weighted by Gasteiger charge is -2.35. The molecule has 3 aromatic rings. The molecule has 1 fully saturated rings. The maximum absolute atomic E-state index is 13.1. The topological polar surface area (TPSA) is 105 Å². The first-order valence-electron chi connectivity index (χ1n) is 9.72. The number of aromatic nitrogens is 4. The molecule has 4 rings (SSSR count). The summed E-state index contributed by atoms with van der Waals surface area (Å²) in [4.78, 5) is 38.3. The van der Waals surface area contributed by atoms with E-state index < -0.39 is 0 Å². The third-order valence-electron chi connectivity index (χ3n) is 5.27. The van der Waals surface area contributed by atoms with Crippen molar-refractivity contribution in [2.75, 3.05) is 6.54 Å². The quantitative estimate of drug-likeness (QED) is 0.733. The van der Waals surface area contributed by atoms with Gasteiger partial charge in [0.2, 0.25) is 5.56 Å². The highest BCUT2D eigenvalue weighted by molar-refractivity contribution is 5.94. The molecular formula is C21H23N5O3. The summed E-state index contributed by atoms with van der Waals surface area (Å²) in [5, 5.41) is 4.01. The van der Waals surface area contributed by atoms with E-state index in [9.17, 15) is 9.59 Å². The van der Waals surface area contributed by atoms with Gasteiger partial charge in [-0.2, -0.15) is 0 Å². The molecule has 0 radical (unpaired) electrons. The van der Waals surface area contributed by atoms with Gasteiger partial charge >= 0.3 is 0 Å². The molecule has 150 valence electrons. The molecule has 0 spiro atoms. The lowest BCUT2D eigenvalue weighted by molar-refractivity contribution is 0.0605. The number of H-pyrrole nitrogens is 1. The second-order valence-electron chi connectivity index (χ2n) is 7.41. The van der Waals surface area contributed by atoms with Crippen molar-refractivity contribution in [2.45, 2.75) is 46.1 Å². The second kappa shape index (κ2) is 7.62. The van der Waals surface area contributed by atoms with E-state index in [1.54, 1.807) is 6.07 Å². The van der Waals surface area contributed by atoms with Crippen LogP contribution in [-0.2, 0) is 0 Å². The van der Waals surface area contributed by atoms with Crippen molar-refractivity contribution in [3.63, 3.8) is 0 Å². The molecule has 8 heteroatoms. The Kier molecular flexibility index (Phi) is 5.00. The molecule has 0 aliphatic carbocycles. The van der Waals surface area contributed by atoms with Gasteiger partial charge in [0, 0.05) is 24.5 Å². The number of carbonyl (C=O) groups excluding carboxylic acids is 1. The Labute approximate surface area is 168 Å². The molecule has 0 saturated carbocycles. The molecule has 1 saturated heterocycles. The van der Waals surface area contributed by atoms with Crippen molar-refractivity contribution in [2.24, 2.45) is 0 Å². The zero-order valence-corrected chi connectivity index (χ0v) is 16.7. The van der Waals surface area contributed by atoms with Crippen LogP contribution in [0.15, 0.2) is 33.7 Å². The van der Waals surface area contributed by atoms with Crippen molar-refractivity contribution in [3.05, 3.63) is 63.2 Å². The van der Waals surface area contributed by atoms with Crippen LogP contribution in [0.25, 0.3) is 11.4 Å². The first kappa shape index (κ1) is 19.0. The summed E-state index contributed by atoms with van der Waals surface area (Å²) in [7, 11) is 0. The van der Waals surface area contributed by atoms with Crippen LogP contribution in [0.5, 0.6) is 0 Å². The minimum atomic E-state index is -0.229. The highest BCUT2D eigenvalue weighted by Gasteiger charge is 2.30. The summed E-state index contributed by atoms with van der Waals surface area (Å²) in [5.41, 5.74) is 3.41. The standard InChI is InChI=1S/C21H23N5O3/c1-12-10-16(24-20(23-12)19-13(2)25-29-14(19)3)17-6-4-5-9-26(17)21(28)15-7-8-18(27)22-11-15/h7-8,10-11,17H,4-6,9H2,1-3H3,(H,22,27). The Hall–Kier alpha value is -3.29. The van der Waals surface area contributed by atoms with Crippen molar-refractivity contribution in [1.82, 2.24) is 25.0 Å². The van der Waals surface area contributed by atoms with E-state index in [-0.39, 0.29) is 17.5 Å². The van der Waals surface area contributed by atoms with E-state index in [0.717, 1.165) is 41.9 Å². The van der Waals surface area contributed by atoms with Gasteiger partial charge in [0.05, 0.1) is 28.6 Å². The third kappa shape index (κ3) is 3.70. The lowest BCUT2D eigenvalue weighted by Crippen LogP contribution is -2.39. The van der Waals surface area contributed by atoms with Gasteiger partial charge in [0.15, 0.2) is 5.82 Å². The third-order valence-corrected chi connectivity index (χ3v) is 5.27. The van der Waals surface area contributed by atoms with Crippen LogP contribution in [0.3, 0.4) is 0 Å². The molecule has 1 aliphatic heterocycles. The van der Waals surface area contributed by atoms with E-state index >= 15 is 0 Å². The van der Waals surface area contributed by atoms with Crippen LogP contribution in [0.1, 0.15) is 58.5 Å². The minimum absolute atomic E-state index is 0.110. The molecule has 1 atom stereocenters. The van der Waals surface area contributed by atoms with Crippen LogP contribution < -0.4 is 5.56 Å². The van der Waals surface area contributed by atoms with Gasteiger partial charge < -0.3 is 14.4 Å². The van der Waals surface area contributed by atoms with Gasteiger partial charge in [-0.05, 0) is 52.2 Å². The Morgan fingerprint density at radius 3 is 2.72 bits per heavy atom. The number of nitrogens with one attached hydrogen (secondary N) is 1. The fraction of sp³-hybridized carbons (Fsp3) is 0.381. The number of nitrogens with zero attached hydrogens (tertiary/aromatic N) is 4. The van der Waals surface area contributed by atoms with Crippen LogP contribution in [-0.4, -0.2) is 37.5 Å². The fourth-order valence-corrected chi connectivity index (χ4v) is 3.87. The number of aryl methyl sites for hydroxylation is 3. The van der Waals surface area contributed by atoms with Gasteiger partial charge in [-0.1, -0.05) is 5.16 Å². The molecule has 1 amide bonds. The molecule has 1 N–H and O–H groups in total. The van der Waals surface area contributed by atoms with E-state index in [1.165, 1.54) is 12.3 Å². The number of amides is 1. The van der Waals surface area contributed by atoms with E-state index in [0.29, 0.717) is 23.7 Å². The largest absolute Gasteiger partial charge is 0.361 e. The predicted molar refractivity (Wildman–Crippen MR) is 106 cm³/mol. The molecule has 1 aliphatic rings. The SMILES string of the molecule is Cc1cc(C2CCCCN2C(=O)c2ccc(=O)[nH]c2)nc(-c2c(C)noc2C)n1. The molecule has 8 nitrogen and oxygen atoms in total. The van der Waals surface area contributed by atoms with Gasteiger partial charge in [-0.15, -0.1) is 0 Å². The second-order valence-corrected chi connectivity index (χ2v) is 7.41. The van der Waals surface area contributed by atoms with Crippen molar-refractivity contribution >= 4 is 5.91 Å². The fourth-order valence-electron chi connectivity index (χ4n) is 3.87. The first-order valence-corrected chi connectivity index (χ1v) is 9.72. The molecule has 0 bridgehead atoms. The number of carbonyl (C=O) groups is 1. The number of hydrogen-bond donors (Lipinski definition) is 1. The molecule has 29 heavy (non-hydrogen) atoms. The maximum atomic E-state index is 13.1. The van der Waals surface area contributed by atoms with Crippen molar-refractivity contribution in [3.8, 4) is 11.4 Å². The summed E-state index contributed by atoms with van der Waals surface area (Å²) in [5.74, 6) is 1.13. The van der Waals surface area contributed by atoms with E-state index in [4.69, 9.17) is 9.51 Å². The summed E-state index contributed by atoms with van der Waals surface area (Å²) in [6, 6.07) is 4.72. The summed E-state index contributed by atoms with van der Waals surface area (Å²) in [6.07, 6.45) is 4.25. The van der Waals surface area contributed by atoms with Gasteiger partial charge in [0.1, 0.15) is 5.76 Å². The molecule has 4 heterocycles. The summed E-state index contributed by atoms with van der Waals surface area (Å²) in [6.45, 7) is 6.27. The van der Waals surface area contributed by atoms with Crippen LogP contribution in [0, 0.1) is 20.8 Å². The molecular weight excluding hydrogens is 370 g/mol. The number of piperidine rings is 1. The van der Waals surface area contributed by atoms with Gasteiger partial charge in [-0.25, -0.2) is 9.97 Å². The Balaban J connectivity index is 1.73. The monoisotopic (exact) mass is 393 g/mol. The highest BCUT2D eigenvalue weighted by atomic mass is 16.5. The first-order chi connectivity index (χ1) is 13.9. The Bertz CT molecular complexity index is 1080. The maximum Gasteiger partial charge on any atom is 0.255 e. The highest BCUT2D eigenvalue weighted by Crippen LogP contribution is 2.33. The predicted octanol–water partition coefficient (Wildman–Crippen LogP) is 3.11. The van der Waals surface area contributed by atoms with Crippen LogP contribution in [0.4, 0.5) is 0 Å². The molecule has 3 aromatic heterocycles. The number of likely N-dealkylation sites (tertiary alicyclic amines) is 1. The average Bonchev–Trinajstić information content (AvgIpc) is 3.05. The van der Waals surface area contributed by atoms with Gasteiger partial charge in [-0.3, -0.25) is 9.59 Å². The minimum Gasteiger partial charge on any atom is -0.361 e. The van der Waals surface area contributed by atoms with E-state index in [1.807, 2.05) is 31.7 Å². The van der Waals surface area contributed by atoms with Crippen molar-refractivity contribution < 1.29 is 9.32 Å². The van der Waals surface area contributed by atoms with E-state index in [2.05, 4.69) is 15.1 Å². The lowest BCUT2D eigenvalue weighted by atomic mass is 9.97. The summed E-state index contributed by atoms with van der Waals surface area (Å²) >= 11 is 0. The summed E-state index contributed by atoms with van der Waals surface area (Å²) < 4.78 is 5.28.